The third-order valence-electron chi connectivity index (χ3n) is 2.43. The molecule has 1 unspecified atom stereocenters. The van der Waals surface area contributed by atoms with Gasteiger partial charge in [-0.05, 0) is 23.1 Å². The molecule has 3 heteroatoms. The minimum Gasteiger partial charge on any atom is -0.391 e. The third kappa shape index (κ3) is 4.16. The first-order chi connectivity index (χ1) is 7.43. The molecule has 0 aliphatic rings. The normalized spacial score (nSPS) is 13.8. The van der Waals surface area contributed by atoms with E-state index < -0.39 is 6.10 Å². The summed E-state index contributed by atoms with van der Waals surface area (Å²) < 4.78 is 0. The summed E-state index contributed by atoms with van der Waals surface area (Å²) in [5, 5.41) is 9.36. The van der Waals surface area contributed by atoms with E-state index in [1.165, 1.54) is 10.5 Å². The van der Waals surface area contributed by atoms with Gasteiger partial charge >= 0.3 is 0 Å². The van der Waals surface area contributed by atoms with Crippen LogP contribution in [0.15, 0.2) is 29.2 Å². The van der Waals surface area contributed by atoms with Crippen LogP contribution in [0.3, 0.4) is 0 Å². The lowest BCUT2D eigenvalue weighted by atomic mass is 9.87. The van der Waals surface area contributed by atoms with Crippen LogP contribution in [0.1, 0.15) is 26.3 Å². The molecule has 0 aromatic heterocycles. The maximum absolute atomic E-state index is 9.36. The molecule has 3 N–H and O–H groups in total. The average Bonchev–Trinajstić information content (AvgIpc) is 2.25. The number of benzene rings is 1. The van der Waals surface area contributed by atoms with Crippen molar-refractivity contribution in [3.8, 4) is 0 Å². The monoisotopic (exact) mass is 239 g/mol. The number of rotatable bonds is 4. The lowest BCUT2D eigenvalue weighted by Crippen LogP contribution is -2.21. The molecule has 0 spiro atoms. The molecular weight excluding hydrogens is 218 g/mol. The lowest BCUT2D eigenvalue weighted by molar-refractivity contribution is 0.208. The zero-order valence-corrected chi connectivity index (χ0v) is 11.1. The van der Waals surface area contributed by atoms with E-state index in [4.69, 9.17) is 5.73 Å². The molecule has 16 heavy (non-hydrogen) atoms. The van der Waals surface area contributed by atoms with E-state index in [-0.39, 0.29) is 5.41 Å². The van der Waals surface area contributed by atoms with Crippen molar-refractivity contribution >= 4 is 11.8 Å². The van der Waals surface area contributed by atoms with E-state index in [1.807, 2.05) is 0 Å². The molecule has 0 saturated carbocycles. The van der Waals surface area contributed by atoms with Gasteiger partial charge in [0.15, 0.2) is 0 Å². The van der Waals surface area contributed by atoms with Crippen molar-refractivity contribution in [2.24, 2.45) is 5.73 Å². The van der Waals surface area contributed by atoms with Crippen molar-refractivity contribution in [2.45, 2.75) is 37.2 Å². The molecular formula is C13H21NOS. The molecule has 1 rings (SSSR count). The maximum Gasteiger partial charge on any atom is 0.0756 e. The van der Waals surface area contributed by atoms with Crippen LogP contribution in [0.5, 0.6) is 0 Å². The topological polar surface area (TPSA) is 46.2 Å². The fourth-order valence-electron chi connectivity index (χ4n) is 1.31. The fourth-order valence-corrected chi connectivity index (χ4v) is 2.16. The zero-order valence-electron chi connectivity index (χ0n) is 10.2. The minimum absolute atomic E-state index is 0.194. The van der Waals surface area contributed by atoms with Crippen molar-refractivity contribution in [3.63, 3.8) is 0 Å². The Labute approximate surface area is 102 Å². The van der Waals surface area contributed by atoms with E-state index in [0.717, 1.165) is 0 Å². The summed E-state index contributed by atoms with van der Waals surface area (Å²) in [6, 6.07) is 8.51. The molecule has 0 heterocycles. The third-order valence-corrected chi connectivity index (χ3v) is 3.59. The Morgan fingerprint density at radius 2 is 1.81 bits per heavy atom. The van der Waals surface area contributed by atoms with E-state index in [0.29, 0.717) is 12.3 Å². The highest BCUT2D eigenvalue weighted by atomic mass is 32.2. The second-order valence-electron chi connectivity index (χ2n) is 4.97. The molecule has 1 atom stereocenters. The van der Waals surface area contributed by atoms with Crippen LogP contribution in [-0.4, -0.2) is 23.5 Å². The Morgan fingerprint density at radius 3 is 2.25 bits per heavy atom. The quantitative estimate of drug-likeness (QED) is 0.793. The molecule has 0 bridgehead atoms. The second-order valence-corrected chi connectivity index (χ2v) is 6.07. The highest BCUT2D eigenvalue weighted by Gasteiger charge is 2.12. The van der Waals surface area contributed by atoms with Crippen LogP contribution in [0.25, 0.3) is 0 Å². The van der Waals surface area contributed by atoms with Gasteiger partial charge in [-0.25, -0.2) is 0 Å². The maximum atomic E-state index is 9.36. The SMILES string of the molecule is CC(C)(C)c1ccc(SCC(O)CN)cc1. The molecule has 1 aromatic carbocycles. The number of nitrogens with two attached hydrogens (primary N) is 1. The first-order valence-electron chi connectivity index (χ1n) is 5.55. The van der Waals surface area contributed by atoms with Gasteiger partial charge in [0, 0.05) is 17.2 Å². The number of aliphatic hydroxyl groups is 1. The van der Waals surface area contributed by atoms with E-state index in [9.17, 15) is 5.11 Å². The van der Waals surface area contributed by atoms with E-state index >= 15 is 0 Å². The average molecular weight is 239 g/mol. The molecule has 0 amide bonds. The van der Waals surface area contributed by atoms with Gasteiger partial charge in [-0.3, -0.25) is 0 Å². The number of hydrogen-bond acceptors (Lipinski definition) is 3. The van der Waals surface area contributed by atoms with Crippen molar-refractivity contribution in [2.75, 3.05) is 12.3 Å². The van der Waals surface area contributed by atoms with Crippen LogP contribution in [-0.2, 0) is 5.41 Å². The molecule has 2 nitrogen and oxygen atoms in total. The Morgan fingerprint density at radius 1 is 1.25 bits per heavy atom. The molecule has 0 fully saturated rings. The highest BCUT2D eigenvalue weighted by molar-refractivity contribution is 7.99. The predicted molar refractivity (Wildman–Crippen MR) is 70.9 cm³/mol. The predicted octanol–water partition coefficient (Wildman–Crippen LogP) is 2.40. The minimum atomic E-state index is -0.410. The van der Waals surface area contributed by atoms with Gasteiger partial charge in [-0.2, -0.15) is 0 Å². The van der Waals surface area contributed by atoms with Crippen LogP contribution < -0.4 is 5.73 Å². The summed E-state index contributed by atoms with van der Waals surface area (Å²) >= 11 is 1.64. The Bertz CT molecular complexity index is 316. The van der Waals surface area contributed by atoms with Crippen molar-refractivity contribution in [1.82, 2.24) is 0 Å². The molecule has 0 aliphatic carbocycles. The first-order valence-corrected chi connectivity index (χ1v) is 6.53. The number of hydrogen-bond donors (Lipinski definition) is 2. The second kappa shape index (κ2) is 5.71. The Hall–Kier alpha value is -0.510. The van der Waals surface area contributed by atoms with Gasteiger partial charge in [-0.15, -0.1) is 11.8 Å². The van der Waals surface area contributed by atoms with Gasteiger partial charge in [0.05, 0.1) is 6.10 Å². The smallest absolute Gasteiger partial charge is 0.0756 e. The molecule has 0 saturated heterocycles. The summed E-state index contributed by atoms with van der Waals surface area (Å²) in [6.45, 7) is 6.93. The standard InChI is InChI=1S/C13H21NOS/c1-13(2,3)10-4-6-12(7-5-10)16-9-11(15)8-14/h4-7,11,15H,8-9,14H2,1-3H3. The number of thioether (sulfide) groups is 1. The van der Waals surface area contributed by atoms with E-state index in [2.05, 4.69) is 45.0 Å². The van der Waals surface area contributed by atoms with Gasteiger partial charge < -0.3 is 10.8 Å². The fraction of sp³-hybridized carbons (Fsp3) is 0.538. The molecule has 0 radical (unpaired) electrons. The summed E-state index contributed by atoms with van der Waals surface area (Å²) in [4.78, 5) is 1.18. The van der Waals surface area contributed by atoms with Gasteiger partial charge in [0.2, 0.25) is 0 Å². The van der Waals surface area contributed by atoms with Gasteiger partial charge in [-0.1, -0.05) is 32.9 Å². The highest BCUT2D eigenvalue weighted by Crippen LogP contribution is 2.25. The van der Waals surface area contributed by atoms with Gasteiger partial charge in [0.1, 0.15) is 0 Å². The Balaban J connectivity index is 2.58. The van der Waals surface area contributed by atoms with Crippen LogP contribution in [0.2, 0.25) is 0 Å². The molecule has 1 aromatic rings. The van der Waals surface area contributed by atoms with Crippen LogP contribution in [0, 0.1) is 0 Å². The summed E-state index contributed by atoms with van der Waals surface area (Å²) in [6.07, 6.45) is -0.410. The van der Waals surface area contributed by atoms with Crippen molar-refractivity contribution in [3.05, 3.63) is 29.8 Å². The Kier molecular flexibility index (Phi) is 4.84. The van der Waals surface area contributed by atoms with Crippen molar-refractivity contribution in [1.29, 1.82) is 0 Å². The van der Waals surface area contributed by atoms with Crippen LogP contribution >= 0.6 is 11.8 Å². The summed E-state index contributed by atoms with van der Waals surface area (Å²) in [7, 11) is 0. The van der Waals surface area contributed by atoms with Gasteiger partial charge in [0.25, 0.3) is 0 Å². The first kappa shape index (κ1) is 13.6. The summed E-state index contributed by atoms with van der Waals surface area (Å²) in [5.41, 5.74) is 6.88. The lowest BCUT2D eigenvalue weighted by Gasteiger charge is -2.19. The van der Waals surface area contributed by atoms with Crippen molar-refractivity contribution < 1.29 is 5.11 Å². The largest absolute Gasteiger partial charge is 0.391 e. The molecule has 0 aliphatic heterocycles. The van der Waals surface area contributed by atoms with E-state index in [1.54, 1.807) is 11.8 Å². The zero-order chi connectivity index (χ0) is 12.2. The number of aliphatic hydroxyl groups excluding tert-OH is 1. The summed E-state index contributed by atoms with van der Waals surface area (Å²) in [5.74, 6) is 0.658. The van der Waals surface area contributed by atoms with Crippen LogP contribution in [0.4, 0.5) is 0 Å². The molecule has 90 valence electrons.